The number of fused-ring (bicyclic) bond motifs is 1. The van der Waals surface area contributed by atoms with Gasteiger partial charge in [-0.1, -0.05) is 13.3 Å². The first-order valence-corrected chi connectivity index (χ1v) is 6.26. The van der Waals surface area contributed by atoms with Gasteiger partial charge in [-0.25, -0.2) is 9.18 Å². The number of halogens is 1. The van der Waals surface area contributed by atoms with Gasteiger partial charge in [-0.3, -0.25) is 0 Å². The molecule has 1 aromatic carbocycles. The lowest BCUT2D eigenvalue weighted by Gasteiger charge is -2.10. The number of aromatic nitrogens is 3. The zero-order valence-electron chi connectivity index (χ0n) is 10.9. The minimum Gasteiger partial charge on any atom is -0.443 e. The van der Waals surface area contributed by atoms with Crippen LogP contribution in [0.1, 0.15) is 36.5 Å². The van der Waals surface area contributed by atoms with Gasteiger partial charge in [-0.15, -0.1) is 0 Å². The molecule has 0 saturated carbocycles. The molecule has 104 valence electrons. The van der Waals surface area contributed by atoms with E-state index in [1.54, 1.807) is 0 Å². The predicted octanol–water partition coefficient (Wildman–Crippen LogP) is 2.34. The number of hydrogen-bond donors (Lipinski definition) is 1. The molecule has 0 spiro atoms. The molecule has 1 N–H and O–H groups in total. The molecular weight excluding hydrogens is 263 g/mol. The van der Waals surface area contributed by atoms with Crippen LogP contribution in [0.5, 0.6) is 0 Å². The number of nitrogens with one attached hydrogen (secondary N) is 1. The number of nitriles is 1. The van der Waals surface area contributed by atoms with Crippen molar-refractivity contribution in [1.82, 2.24) is 15.4 Å². The Bertz CT molecular complexity index is 662. The van der Waals surface area contributed by atoms with E-state index in [0.29, 0.717) is 6.42 Å². The molecule has 0 amide bonds. The van der Waals surface area contributed by atoms with Crippen LogP contribution in [0.3, 0.4) is 0 Å². The third-order valence-corrected chi connectivity index (χ3v) is 2.82. The van der Waals surface area contributed by atoms with E-state index in [1.165, 1.54) is 0 Å². The molecule has 0 saturated heterocycles. The minimum atomic E-state index is -0.840. The second-order valence-electron chi connectivity index (χ2n) is 4.31. The van der Waals surface area contributed by atoms with Crippen molar-refractivity contribution in [3.05, 3.63) is 23.5 Å². The highest BCUT2D eigenvalue weighted by Crippen LogP contribution is 2.18. The molecule has 0 bridgehead atoms. The first kappa shape index (κ1) is 13.9. The van der Waals surface area contributed by atoms with Crippen LogP contribution >= 0.6 is 0 Å². The lowest BCUT2D eigenvalue weighted by molar-refractivity contribution is 0.0391. The molecule has 0 aliphatic heterocycles. The average molecular weight is 276 g/mol. The molecule has 2 aromatic rings. The molecule has 1 heterocycles. The van der Waals surface area contributed by atoms with Crippen LogP contribution in [-0.4, -0.2) is 27.5 Å². The average Bonchev–Trinajstić information content (AvgIpc) is 2.90. The number of benzene rings is 1. The van der Waals surface area contributed by atoms with E-state index in [2.05, 4.69) is 15.4 Å². The summed E-state index contributed by atoms with van der Waals surface area (Å²) in [4.78, 5) is 12.0. The van der Waals surface area contributed by atoms with Gasteiger partial charge in [0.1, 0.15) is 22.9 Å². The quantitative estimate of drug-likeness (QED) is 0.846. The Morgan fingerprint density at radius 1 is 1.55 bits per heavy atom. The number of hydrogen-bond acceptors (Lipinski definition) is 5. The Morgan fingerprint density at radius 2 is 2.35 bits per heavy atom. The van der Waals surface area contributed by atoms with Gasteiger partial charge in [0.2, 0.25) is 0 Å². The molecule has 20 heavy (non-hydrogen) atoms. The third kappa shape index (κ3) is 2.91. The Morgan fingerprint density at radius 3 is 3.05 bits per heavy atom. The molecule has 6 nitrogen and oxygen atoms in total. The standard InChI is InChI=1S/C13H13FN4O2/c1-2-3-4-9(7-15)20-13(19)10-5-8(14)6-11-12(10)17-18-16-11/h5-6,9H,2-4H2,1H3,(H,16,17,18). The SMILES string of the molecule is CCCCC(C#N)OC(=O)c1cc(F)cc2n[nH]nc12. The second kappa shape index (κ2) is 6.10. The van der Waals surface area contributed by atoms with Crippen LogP contribution in [0.2, 0.25) is 0 Å². The van der Waals surface area contributed by atoms with Crippen molar-refractivity contribution in [2.75, 3.05) is 0 Å². The Kier molecular flexibility index (Phi) is 4.25. The van der Waals surface area contributed by atoms with Gasteiger partial charge in [0.25, 0.3) is 0 Å². The summed E-state index contributed by atoms with van der Waals surface area (Å²) in [5, 5.41) is 18.8. The monoisotopic (exact) mass is 276 g/mol. The Balaban J connectivity index is 2.23. The number of nitrogens with zero attached hydrogens (tertiary/aromatic N) is 3. The topological polar surface area (TPSA) is 91.7 Å². The fourth-order valence-corrected chi connectivity index (χ4v) is 1.80. The van der Waals surface area contributed by atoms with Crippen molar-refractivity contribution in [3.8, 4) is 6.07 Å². The molecule has 7 heteroatoms. The summed E-state index contributed by atoms with van der Waals surface area (Å²) in [7, 11) is 0. The van der Waals surface area contributed by atoms with Crippen LogP contribution in [0.15, 0.2) is 12.1 Å². The predicted molar refractivity (Wildman–Crippen MR) is 68.2 cm³/mol. The summed E-state index contributed by atoms with van der Waals surface area (Å²) in [5.74, 6) is -1.38. The van der Waals surface area contributed by atoms with E-state index in [4.69, 9.17) is 10.00 Å². The second-order valence-corrected chi connectivity index (χ2v) is 4.31. The van der Waals surface area contributed by atoms with E-state index in [0.717, 1.165) is 25.0 Å². The molecule has 1 aromatic heterocycles. The normalized spacial score (nSPS) is 12.1. The van der Waals surface area contributed by atoms with Gasteiger partial charge in [0.05, 0.1) is 5.56 Å². The van der Waals surface area contributed by atoms with Crippen LogP contribution in [0.4, 0.5) is 4.39 Å². The van der Waals surface area contributed by atoms with E-state index >= 15 is 0 Å². The Hall–Kier alpha value is -2.49. The van der Waals surface area contributed by atoms with Gasteiger partial charge in [-0.2, -0.15) is 20.7 Å². The fourth-order valence-electron chi connectivity index (χ4n) is 1.80. The number of rotatable bonds is 5. The van der Waals surface area contributed by atoms with E-state index in [9.17, 15) is 9.18 Å². The van der Waals surface area contributed by atoms with E-state index in [1.807, 2.05) is 13.0 Å². The molecule has 1 atom stereocenters. The first-order chi connectivity index (χ1) is 9.65. The number of carbonyl (C=O) groups is 1. The van der Waals surface area contributed by atoms with Crippen molar-refractivity contribution in [2.45, 2.75) is 32.3 Å². The number of unbranched alkanes of at least 4 members (excludes halogenated alkanes) is 1. The molecule has 1 unspecified atom stereocenters. The van der Waals surface area contributed by atoms with Crippen LogP contribution < -0.4 is 0 Å². The van der Waals surface area contributed by atoms with Crippen molar-refractivity contribution in [2.24, 2.45) is 0 Å². The first-order valence-electron chi connectivity index (χ1n) is 6.26. The lowest BCUT2D eigenvalue weighted by atomic mass is 10.1. The maximum atomic E-state index is 13.4. The highest BCUT2D eigenvalue weighted by Gasteiger charge is 2.20. The van der Waals surface area contributed by atoms with Gasteiger partial charge in [0, 0.05) is 6.07 Å². The summed E-state index contributed by atoms with van der Waals surface area (Å²) in [6, 6.07) is 4.10. The van der Waals surface area contributed by atoms with E-state index < -0.39 is 17.9 Å². The number of ether oxygens (including phenoxy) is 1. The molecular formula is C13H13FN4O2. The number of esters is 1. The number of H-pyrrole nitrogens is 1. The molecule has 0 radical (unpaired) electrons. The van der Waals surface area contributed by atoms with Gasteiger partial charge >= 0.3 is 5.97 Å². The maximum absolute atomic E-state index is 13.4. The Labute approximate surface area is 114 Å². The van der Waals surface area contributed by atoms with Crippen LogP contribution in [0.25, 0.3) is 11.0 Å². The summed E-state index contributed by atoms with van der Waals surface area (Å²) >= 11 is 0. The van der Waals surface area contributed by atoms with Gasteiger partial charge < -0.3 is 4.74 Å². The van der Waals surface area contributed by atoms with E-state index in [-0.39, 0.29) is 16.6 Å². The molecule has 0 aliphatic carbocycles. The fraction of sp³-hybridized carbons (Fsp3) is 0.385. The minimum absolute atomic E-state index is 0.0366. The maximum Gasteiger partial charge on any atom is 0.341 e. The summed E-state index contributed by atoms with van der Waals surface area (Å²) in [6.07, 6.45) is 1.28. The zero-order chi connectivity index (χ0) is 14.5. The highest BCUT2D eigenvalue weighted by molar-refractivity contribution is 6.01. The van der Waals surface area contributed by atoms with Gasteiger partial charge in [0.15, 0.2) is 6.10 Å². The number of aromatic amines is 1. The van der Waals surface area contributed by atoms with Crippen molar-refractivity contribution in [3.63, 3.8) is 0 Å². The lowest BCUT2D eigenvalue weighted by Crippen LogP contribution is -2.17. The summed E-state index contributed by atoms with van der Waals surface area (Å²) in [6.45, 7) is 1.97. The molecule has 2 rings (SSSR count). The molecule has 0 fully saturated rings. The number of carbonyl (C=O) groups excluding carboxylic acids is 1. The largest absolute Gasteiger partial charge is 0.443 e. The van der Waals surface area contributed by atoms with Crippen LogP contribution in [0, 0.1) is 17.1 Å². The van der Waals surface area contributed by atoms with Crippen molar-refractivity contribution in [1.29, 1.82) is 5.26 Å². The summed E-state index contributed by atoms with van der Waals surface area (Å²) in [5.41, 5.74) is 0.424. The van der Waals surface area contributed by atoms with Crippen LogP contribution in [-0.2, 0) is 4.74 Å². The molecule has 0 aliphatic rings. The smallest absolute Gasteiger partial charge is 0.341 e. The third-order valence-electron chi connectivity index (χ3n) is 2.82. The zero-order valence-corrected chi connectivity index (χ0v) is 10.9. The van der Waals surface area contributed by atoms with Crippen molar-refractivity contribution < 1.29 is 13.9 Å². The highest BCUT2D eigenvalue weighted by atomic mass is 19.1. The van der Waals surface area contributed by atoms with Crippen molar-refractivity contribution >= 4 is 17.0 Å². The van der Waals surface area contributed by atoms with Gasteiger partial charge in [-0.05, 0) is 18.9 Å². The summed E-state index contributed by atoms with van der Waals surface area (Å²) < 4.78 is 18.5.